The first-order valence-electron chi connectivity index (χ1n) is 6.30. The van der Waals surface area contributed by atoms with Gasteiger partial charge in [0.15, 0.2) is 5.69 Å². The van der Waals surface area contributed by atoms with Gasteiger partial charge in [0.1, 0.15) is 0 Å². The Morgan fingerprint density at radius 1 is 1.33 bits per heavy atom. The highest BCUT2D eigenvalue weighted by atomic mass is 127. The lowest BCUT2D eigenvalue weighted by atomic mass is 10.2. The summed E-state index contributed by atoms with van der Waals surface area (Å²) in [7, 11) is 1.35. The van der Waals surface area contributed by atoms with Crippen molar-refractivity contribution in [3.8, 4) is 5.69 Å². The fourth-order valence-corrected chi connectivity index (χ4v) is 2.70. The van der Waals surface area contributed by atoms with Gasteiger partial charge in [0.25, 0.3) is 0 Å². The van der Waals surface area contributed by atoms with Crippen LogP contribution in [0.2, 0.25) is 0 Å². The van der Waals surface area contributed by atoms with Crippen molar-refractivity contribution < 1.29 is 9.53 Å². The van der Waals surface area contributed by atoms with Crippen molar-refractivity contribution in [3.63, 3.8) is 0 Å². The topological polar surface area (TPSA) is 57.0 Å². The molecule has 0 bridgehead atoms. The third-order valence-electron chi connectivity index (χ3n) is 3.13. The molecule has 0 aliphatic heterocycles. The Labute approximate surface area is 135 Å². The zero-order valence-corrected chi connectivity index (χ0v) is 13.7. The maximum atomic E-state index is 11.9. The number of hydrogen-bond donors (Lipinski definition) is 0. The smallest absolute Gasteiger partial charge is 0.359 e. The maximum Gasteiger partial charge on any atom is 0.359 e. The Hall–Kier alpha value is -1.96. The van der Waals surface area contributed by atoms with Gasteiger partial charge in [-0.25, -0.2) is 9.48 Å². The van der Waals surface area contributed by atoms with Crippen LogP contribution >= 0.6 is 22.6 Å². The van der Waals surface area contributed by atoms with E-state index in [9.17, 15) is 4.79 Å². The number of fused-ring (bicyclic) bond motifs is 1. The summed E-state index contributed by atoms with van der Waals surface area (Å²) in [6, 6.07) is 9.73. The van der Waals surface area contributed by atoms with Crippen LogP contribution in [0.5, 0.6) is 0 Å². The number of benzene rings is 1. The van der Waals surface area contributed by atoms with Crippen LogP contribution in [-0.2, 0) is 4.74 Å². The fraction of sp³-hybridized carbons (Fsp3) is 0.133. The quantitative estimate of drug-likeness (QED) is 0.496. The van der Waals surface area contributed by atoms with Crippen LogP contribution in [0.3, 0.4) is 0 Å². The van der Waals surface area contributed by atoms with E-state index in [4.69, 9.17) is 4.74 Å². The molecule has 106 valence electrons. The van der Waals surface area contributed by atoms with Crippen molar-refractivity contribution in [1.29, 1.82) is 0 Å². The van der Waals surface area contributed by atoms with E-state index in [2.05, 4.69) is 32.7 Å². The molecule has 2 aromatic heterocycles. The second-order valence-electron chi connectivity index (χ2n) is 4.57. The highest BCUT2D eigenvalue weighted by Gasteiger charge is 2.19. The minimum Gasteiger partial charge on any atom is -0.464 e. The van der Waals surface area contributed by atoms with E-state index in [0.29, 0.717) is 5.69 Å². The van der Waals surface area contributed by atoms with Gasteiger partial charge in [0.2, 0.25) is 0 Å². The Kier molecular flexibility index (Phi) is 3.62. The van der Waals surface area contributed by atoms with E-state index in [1.54, 1.807) is 10.9 Å². The highest BCUT2D eigenvalue weighted by molar-refractivity contribution is 14.1. The molecule has 0 spiro atoms. The lowest BCUT2D eigenvalue weighted by Crippen LogP contribution is -2.04. The minimum atomic E-state index is -0.449. The number of halogens is 1. The molecule has 0 amide bonds. The molecule has 0 unspecified atom stereocenters. The standard InChI is InChI=1S/C15H12IN3O2/c1-9-6-12-13(8-17-9)19(18-14(12)15(20)21-2)11-5-3-4-10(16)7-11/h3-8H,1-2H3. The molecule has 2 heterocycles. The molecule has 5 nitrogen and oxygen atoms in total. The van der Waals surface area contributed by atoms with Gasteiger partial charge >= 0.3 is 5.97 Å². The first-order valence-corrected chi connectivity index (χ1v) is 7.37. The molecule has 1 aromatic carbocycles. The number of ether oxygens (including phenoxy) is 1. The SMILES string of the molecule is COC(=O)c1nn(-c2cccc(I)c2)c2cnc(C)cc12. The molecule has 0 aliphatic rings. The molecule has 0 saturated heterocycles. The van der Waals surface area contributed by atoms with Crippen molar-refractivity contribution >= 4 is 39.5 Å². The second kappa shape index (κ2) is 5.44. The molecule has 3 aromatic rings. The average Bonchev–Trinajstić information content (AvgIpc) is 2.85. The molecule has 0 aliphatic carbocycles. The summed E-state index contributed by atoms with van der Waals surface area (Å²) in [5.41, 5.74) is 2.79. The largest absolute Gasteiger partial charge is 0.464 e. The van der Waals surface area contributed by atoms with Crippen molar-refractivity contribution in [2.45, 2.75) is 6.92 Å². The second-order valence-corrected chi connectivity index (χ2v) is 5.82. The van der Waals surface area contributed by atoms with Crippen molar-refractivity contribution in [3.05, 3.63) is 51.5 Å². The molecular formula is C15H12IN3O2. The monoisotopic (exact) mass is 393 g/mol. The molecule has 3 rings (SSSR count). The van der Waals surface area contributed by atoms with Crippen LogP contribution in [0.25, 0.3) is 16.6 Å². The van der Waals surface area contributed by atoms with Crippen LogP contribution < -0.4 is 0 Å². The fourth-order valence-electron chi connectivity index (χ4n) is 2.17. The van der Waals surface area contributed by atoms with Crippen LogP contribution in [-0.4, -0.2) is 27.8 Å². The van der Waals surface area contributed by atoms with E-state index >= 15 is 0 Å². The van der Waals surface area contributed by atoms with Gasteiger partial charge in [-0.15, -0.1) is 0 Å². The molecule has 21 heavy (non-hydrogen) atoms. The lowest BCUT2D eigenvalue weighted by Gasteiger charge is -2.03. The number of carbonyl (C=O) groups excluding carboxylic acids is 1. The first-order chi connectivity index (χ1) is 10.1. The predicted molar refractivity (Wildman–Crippen MR) is 87.7 cm³/mol. The molecule has 6 heteroatoms. The number of hydrogen-bond acceptors (Lipinski definition) is 4. The van der Waals surface area contributed by atoms with E-state index in [0.717, 1.165) is 25.9 Å². The number of nitrogens with zero attached hydrogens (tertiary/aromatic N) is 3. The molecule has 0 fully saturated rings. The van der Waals surface area contributed by atoms with Gasteiger partial charge in [-0.2, -0.15) is 5.10 Å². The highest BCUT2D eigenvalue weighted by Crippen LogP contribution is 2.23. The minimum absolute atomic E-state index is 0.303. The Bertz CT molecular complexity index is 842. The van der Waals surface area contributed by atoms with Gasteiger partial charge in [0, 0.05) is 14.7 Å². The van der Waals surface area contributed by atoms with Gasteiger partial charge in [-0.05, 0) is 53.8 Å². The van der Waals surface area contributed by atoms with Crippen molar-refractivity contribution in [2.75, 3.05) is 7.11 Å². The van der Waals surface area contributed by atoms with Crippen LogP contribution in [0.15, 0.2) is 36.5 Å². The third kappa shape index (κ3) is 2.51. The number of aryl methyl sites for hydroxylation is 1. The Morgan fingerprint density at radius 3 is 2.86 bits per heavy atom. The normalized spacial score (nSPS) is 10.8. The van der Waals surface area contributed by atoms with Gasteiger partial charge in [0.05, 0.1) is 24.5 Å². The Balaban J connectivity index is 2.31. The third-order valence-corrected chi connectivity index (χ3v) is 3.81. The molecule has 0 N–H and O–H groups in total. The summed E-state index contributed by atoms with van der Waals surface area (Å²) in [5.74, 6) is -0.449. The average molecular weight is 393 g/mol. The zero-order valence-electron chi connectivity index (χ0n) is 11.5. The summed E-state index contributed by atoms with van der Waals surface area (Å²) in [4.78, 5) is 16.2. The van der Waals surface area contributed by atoms with Gasteiger partial charge < -0.3 is 4.74 Å². The van der Waals surface area contributed by atoms with E-state index in [-0.39, 0.29) is 0 Å². The number of esters is 1. The van der Waals surface area contributed by atoms with E-state index in [1.165, 1.54) is 7.11 Å². The number of carbonyl (C=O) groups is 1. The van der Waals surface area contributed by atoms with Crippen LogP contribution in [0, 0.1) is 10.5 Å². The zero-order chi connectivity index (χ0) is 15.0. The van der Waals surface area contributed by atoms with Crippen molar-refractivity contribution in [1.82, 2.24) is 14.8 Å². The summed E-state index contributed by atoms with van der Waals surface area (Å²) in [6.07, 6.45) is 1.73. The number of methoxy groups -OCH3 is 1. The van der Waals surface area contributed by atoms with E-state index in [1.807, 2.05) is 37.3 Å². The maximum absolute atomic E-state index is 11.9. The van der Waals surface area contributed by atoms with Crippen molar-refractivity contribution in [2.24, 2.45) is 0 Å². The van der Waals surface area contributed by atoms with Gasteiger partial charge in [-0.3, -0.25) is 4.98 Å². The van der Waals surface area contributed by atoms with Gasteiger partial charge in [-0.1, -0.05) is 6.07 Å². The number of pyridine rings is 1. The number of rotatable bonds is 2. The summed E-state index contributed by atoms with van der Waals surface area (Å²) in [6.45, 7) is 1.88. The Morgan fingerprint density at radius 2 is 2.14 bits per heavy atom. The summed E-state index contributed by atoms with van der Waals surface area (Å²) in [5, 5.41) is 5.16. The molecule has 0 radical (unpaired) electrons. The summed E-state index contributed by atoms with van der Waals surface area (Å²) < 4.78 is 7.63. The first kappa shape index (κ1) is 14.0. The lowest BCUT2D eigenvalue weighted by molar-refractivity contribution is 0.0595. The van der Waals surface area contributed by atoms with Crippen LogP contribution in [0.1, 0.15) is 16.2 Å². The molecule has 0 saturated carbocycles. The molecule has 0 atom stereocenters. The van der Waals surface area contributed by atoms with E-state index < -0.39 is 5.97 Å². The number of aromatic nitrogens is 3. The van der Waals surface area contributed by atoms with Crippen LogP contribution in [0.4, 0.5) is 0 Å². The predicted octanol–water partition coefficient (Wildman–Crippen LogP) is 3.12. The molecular weight excluding hydrogens is 381 g/mol. The summed E-state index contributed by atoms with van der Waals surface area (Å²) >= 11 is 2.24.